The maximum atomic E-state index is 6.09. The molecule has 2 heteroatoms. The lowest BCUT2D eigenvalue weighted by molar-refractivity contribution is 0.450. The molecule has 1 atom stereocenters. The monoisotopic (exact) mass is 162 g/mol. The van der Waals surface area contributed by atoms with Crippen LogP contribution in [0.4, 0.5) is 0 Å². The summed E-state index contributed by atoms with van der Waals surface area (Å²) in [7, 11) is 0. The fraction of sp³-hybridized carbons (Fsp3) is 0.500. The highest BCUT2D eigenvalue weighted by Gasteiger charge is 2.43. The van der Waals surface area contributed by atoms with Gasteiger partial charge < -0.3 is 5.73 Å². The molecule has 12 heavy (non-hydrogen) atoms. The molecule has 0 saturated heterocycles. The molecule has 2 nitrogen and oxygen atoms in total. The second kappa shape index (κ2) is 2.56. The van der Waals surface area contributed by atoms with Crippen molar-refractivity contribution < 1.29 is 0 Å². The Morgan fingerprint density at radius 1 is 1.58 bits per heavy atom. The molecular weight excluding hydrogens is 148 g/mol. The highest BCUT2D eigenvalue weighted by molar-refractivity contribution is 5.19. The number of hydrogen-bond donors (Lipinski definition) is 1. The normalized spacial score (nSPS) is 21.8. The molecule has 2 rings (SSSR count). The van der Waals surface area contributed by atoms with Gasteiger partial charge in [-0.3, -0.25) is 4.98 Å². The van der Waals surface area contributed by atoms with Crippen molar-refractivity contribution in [3.8, 4) is 0 Å². The van der Waals surface area contributed by atoms with Crippen LogP contribution in [0.25, 0.3) is 0 Å². The topological polar surface area (TPSA) is 38.9 Å². The van der Waals surface area contributed by atoms with Crippen molar-refractivity contribution in [1.82, 2.24) is 4.98 Å². The third-order valence-corrected chi connectivity index (χ3v) is 2.83. The van der Waals surface area contributed by atoms with Gasteiger partial charge in [0.2, 0.25) is 0 Å². The molecule has 0 aliphatic heterocycles. The van der Waals surface area contributed by atoms with Crippen molar-refractivity contribution in [2.75, 3.05) is 0 Å². The summed E-state index contributed by atoms with van der Waals surface area (Å²) in [5, 5.41) is 0. The first kappa shape index (κ1) is 7.74. The Balaban J connectivity index is 2.20. The first-order valence-electron chi connectivity index (χ1n) is 4.38. The molecule has 0 aromatic carbocycles. The van der Waals surface area contributed by atoms with Gasteiger partial charge in [0.25, 0.3) is 0 Å². The van der Waals surface area contributed by atoms with Crippen molar-refractivity contribution in [2.24, 2.45) is 11.1 Å². The van der Waals surface area contributed by atoms with Crippen molar-refractivity contribution >= 4 is 0 Å². The van der Waals surface area contributed by atoms with Crippen LogP contribution in [0, 0.1) is 5.41 Å². The molecule has 2 N–H and O–H groups in total. The molecule has 1 unspecified atom stereocenters. The molecule has 1 heterocycles. The molecule has 0 amide bonds. The van der Waals surface area contributed by atoms with Crippen LogP contribution in [0.2, 0.25) is 0 Å². The Bertz CT molecular complexity index is 264. The van der Waals surface area contributed by atoms with Gasteiger partial charge in [-0.25, -0.2) is 0 Å². The maximum absolute atomic E-state index is 6.09. The van der Waals surface area contributed by atoms with Crippen LogP contribution in [0.3, 0.4) is 0 Å². The summed E-state index contributed by atoms with van der Waals surface area (Å²) in [5.74, 6) is 0. The Labute approximate surface area is 72.8 Å². The molecule has 0 spiro atoms. The van der Waals surface area contributed by atoms with Gasteiger partial charge >= 0.3 is 0 Å². The lowest BCUT2D eigenvalue weighted by Gasteiger charge is -2.18. The molecule has 1 aromatic rings. The highest BCUT2D eigenvalue weighted by atomic mass is 14.7. The van der Waals surface area contributed by atoms with Crippen LogP contribution >= 0.6 is 0 Å². The van der Waals surface area contributed by atoms with Crippen LogP contribution in [-0.2, 0) is 0 Å². The lowest BCUT2D eigenvalue weighted by Crippen LogP contribution is -2.20. The van der Waals surface area contributed by atoms with Gasteiger partial charge in [0, 0.05) is 18.4 Å². The van der Waals surface area contributed by atoms with E-state index in [1.54, 1.807) is 6.20 Å². The summed E-state index contributed by atoms with van der Waals surface area (Å²) < 4.78 is 0. The predicted molar refractivity (Wildman–Crippen MR) is 48.5 cm³/mol. The van der Waals surface area contributed by atoms with Crippen molar-refractivity contribution in [3.63, 3.8) is 0 Å². The van der Waals surface area contributed by atoms with E-state index in [0.29, 0.717) is 5.41 Å². The van der Waals surface area contributed by atoms with Gasteiger partial charge in [0.1, 0.15) is 0 Å². The molecule has 0 bridgehead atoms. The van der Waals surface area contributed by atoms with E-state index >= 15 is 0 Å². The number of rotatable bonds is 2. The molecule has 0 radical (unpaired) electrons. The molecule has 1 aromatic heterocycles. The van der Waals surface area contributed by atoms with Crippen LogP contribution in [0.15, 0.2) is 24.5 Å². The van der Waals surface area contributed by atoms with Crippen LogP contribution in [-0.4, -0.2) is 4.98 Å². The first-order valence-corrected chi connectivity index (χ1v) is 4.38. The standard InChI is InChI=1S/C10H14N2/c1-10(4-5-10)9(11)8-3-2-6-12-7-8/h2-3,6-7,9H,4-5,11H2,1H3. The van der Waals surface area contributed by atoms with E-state index in [9.17, 15) is 0 Å². The second-order valence-corrected chi connectivity index (χ2v) is 3.92. The van der Waals surface area contributed by atoms with E-state index in [1.807, 2.05) is 12.3 Å². The summed E-state index contributed by atoms with van der Waals surface area (Å²) in [6.45, 7) is 2.24. The summed E-state index contributed by atoms with van der Waals surface area (Å²) >= 11 is 0. The van der Waals surface area contributed by atoms with Gasteiger partial charge in [0.05, 0.1) is 0 Å². The zero-order valence-electron chi connectivity index (χ0n) is 7.33. The summed E-state index contributed by atoms with van der Waals surface area (Å²) in [6.07, 6.45) is 6.16. The lowest BCUT2D eigenvalue weighted by atomic mass is 9.94. The quantitative estimate of drug-likeness (QED) is 0.721. The van der Waals surface area contributed by atoms with E-state index in [1.165, 1.54) is 12.8 Å². The Morgan fingerprint density at radius 3 is 2.83 bits per heavy atom. The van der Waals surface area contributed by atoms with Crippen LogP contribution in [0.1, 0.15) is 31.4 Å². The molecule has 64 valence electrons. The van der Waals surface area contributed by atoms with E-state index < -0.39 is 0 Å². The third kappa shape index (κ3) is 1.23. The molecular formula is C10H14N2. The zero-order valence-corrected chi connectivity index (χ0v) is 7.33. The summed E-state index contributed by atoms with van der Waals surface area (Å²) in [5.41, 5.74) is 7.61. The number of nitrogens with zero attached hydrogens (tertiary/aromatic N) is 1. The van der Waals surface area contributed by atoms with Gasteiger partial charge in [0.15, 0.2) is 0 Å². The number of nitrogens with two attached hydrogens (primary N) is 1. The summed E-state index contributed by atoms with van der Waals surface area (Å²) in [4.78, 5) is 4.07. The number of aromatic nitrogens is 1. The fourth-order valence-corrected chi connectivity index (χ4v) is 1.47. The van der Waals surface area contributed by atoms with E-state index in [0.717, 1.165) is 5.56 Å². The SMILES string of the molecule is CC1(C(N)c2cccnc2)CC1. The van der Waals surface area contributed by atoms with E-state index in [2.05, 4.69) is 18.0 Å². The highest BCUT2D eigenvalue weighted by Crippen LogP contribution is 2.53. The number of hydrogen-bond acceptors (Lipinski definition) is 2. The van der Waals surface area contributed by atoms with Gasteiger partial charge in [-0.2, -0.15) is 0 Å². The van der Waals surface area contributed by atoms with Gasteiger partial charge in [-0.15, -0.1) is 0 Å². The van der Waals surface area contributed by atoms with Gasteiger partial charge in [-0.1, -0.05) is 13.0 Å². The minimum atomic E-state index is 0.172. The fourth-order valence-electron chi connectivity index (χ4n) is 1.47. The largest absolute Gasteiger partial charge is 0.323 e. The maximum Gasteiger partial charge on any atom is 0.0364 e. The van der Waals surface area contributed by atoms with Crippen molar-refractivity contribution in [3.05, 3.63) is 30.1 Å². The average Bonchev–Trinajstić information content (AvgIpc) is 2.85. The van der Waals surface area contributed by atoms with Crippen LogP contribution < -0.4 is 5.73 Å². The number of pyridine rings is 1. The van der Waals surface area contributed by atoms with Gasteiger partial charge in [-0.05, 0) is 29.9 Å². The van der Waals surface area contributed by atoms with Crippen LogP contribution in [0.5, 0.6) is 0 Å². The molecule has 1 aliphatic carbocycles. The first-order chi connectivity index (χ1) is 5.72. The smallest absolute Gasteiger partial charge is 0.0364 e. The Hall–Kier alpha value is -0.890. The van der Waals surface area contributed by atoms with E-state index in [4.69, 9.17) is 5.73 Å². The van der Waals surface area contributed by atoms with E-state index in [-0.39, 0.29) is 6.04 Å². The molecule has 1 aliphatic rings. The summed E-state index contributed by atoms with van der Waals surface area (Å²) in [6, 6.07) is 4.17. The molecule has 1 fully saturated rings. The average molecular weight is 162 g/mol. The minimum Gasteiger partial charge on any atom is -0.323 e. The zero-order chi connectivity index (χ0) is 8.60. The predicted octanol–water partition coefficient (Wildman–Crippen LogP) is 1.88. The Morgan fingerprint density at radius 2 is 2.33 bits per heavy atom. The Kier molecular flexibility index (Phi) is 1.65. The van der Waals surface area contributed by atoms with Crippen molar-refractivity contribution in [1.29, 1.82) is 0 Å². The third-order valence-electron chi connectivity index (χ3n) is 2.83. The van der Waals surface area contributed by atoms with Crippen molar-refractivity contribution in [2.45, 2.75) is 25.8 Å². The second-order valence-electron chi connectivity index (χ2n) is 3.92. The minimum absolute atomic E-state index is 0.172. The molecule has 1 saturated carbocycles.